The minimum atomic E-state index is -3.65. The van der Waals surface area contributed by atoms with Crippen LogP contribution in [0.15, 0.2) is 53.4 Å². The number of esters is 1. The van der Waals surface area contributed by atoms with E-state index < -0.39 is 28.0 Å². The lowest BCUT2D eigenvalue weighted by atomic mass is 9.94. The van der Waals surface area contributed by atoms with Gasteiger partial charge in [-0.3, -0.25) is 9.59 Å². The summed E-state index contributed by atoms with van der Waals surface area (Å²) in [5.74, 6) is -0.783. The summed E-state index contributed by atoms with van der Waals surface area (Å²) < 4.78 is 32.7. The van der Waals surface area contributed by atoms with Crippen LogP contribution in [0.1, 0.15) is 54.8 Å². The Kier molecular flexibility index (Phi) is 7.89. The fourth-order valence-corrected chi connectivity index (χ4v) is 5.71. The van der Waals surface area contributed by atoms with Crippen LogP contribution in [-0.4, -0.2) is 49.6 Å². The Hall–Kier alpha value is -3.04. The molecule has 182 valence electrons. The van der Waals surface area contributed by atoms with Gasteiger partial charge in [-0.2, -0.15) is 4.31 Å². The molecule has 1 saturated heterocycles. The Bertz CT molecular complexity index is 1150. The van der Waals surface area contributed by atoms with Gasteiger partial charge in [0.25, 0.3) is 5.91 Å². The monoisotopic (exact) mass is 486 g/mol. The number of Topliss-reactive ketones (excluding diaryl/α,β-unsaturated/α-hetero) is 1. The summed E-state index contributed by atoms with van der Waals surface area (Å²) in [5.41, 5.74) is 1.13. The van der Waals surface area contributed by atoms with Crippen LogP contribution in [0.4, 0.5) is 5.69 Å². The van der Waals surface area contributed by atoms with E-state index in [9.17, 15) is 22.8 Å². The van der Waals surface area contributed by atoms with Crippen molar-refractivity contribution >= 4 is 33.4 Å². The minimum Gasteiger partial charge on any atom is -0.449 e. The molecule has 1 fully saturated rings. The molecule has 0 unspecified atom stereocenters. The number of rotatable bonds is 7. The first kappa shape index (κ1) is 25.6. The maximum absolute atomic E-state index is 13.0. The number of hydrogen-bond donors (Lipinski definition) is 1. The Morgan fingerprint density at radius 1 is 0.941 bits per heavy atom. The van der Waals surface area contributed by atoms with Gasteiger partial charge in [0.1, 0.15) is 0 Å². The Morgan fingerprint density at radius 2 is 1.47 bits per heavy atom. The van der Waals surface area contributed by atoms with Gasteiger partial charge in [-0.25, -0.2) is 13.2 Å². The molecule has 1 aliphatic heterocycles. The maximum Gasteiger partial charge on any atom is 0.338 e. The minimum absolute atomic E-state index is 0.0842. The summed E-state index contributed by atoms with van der Waals surface area (Å²) >= 11 is 0. The van der Waals surface area contributed by atoms with Crippen LogP contribution in [0.5, 0.6) is 0 Å². The molecule has 3 rings (SSSR count). The van der Waals surface area contributed by atoms with E-state index in [1.165, 1.54) is 42.4 Å². The van der Waals surface area contributed by atoms with Crippen LogP contribution < -0.4 is 5.32 Å². The molecule has 0 aromatic heterocycles. The van der Waals surface area contributed by atoms with Crippen LogP contribution in [-0.2, 0) is 19.6 Å². The van der Waals surface area contributed by atoms with Gasteiger partial charge in [0.05, 0.1) is 10.5 Å². The molecule has 1 amide bonds. The number of nitrogens with zero attached hydrogens (tertiary/aromatic N) is 1. The molecule has 0 saturated carbocycles. The van der Waals surface area contributed by atoms with Gasteiger partial charge in [-0.05, 0) is 80.6 Å². The van der Waals surface area contributed by atoms with Gasteiger partial charge in [0.15, 0.2) is 11.9 Å². The average Bonchev–Trinajstić information content (AvgIpc) is 2.78. The number of carbonyl (C=O) groups excluding carboxylic acids is 3. The summed E-state index contributed by atoms with van der Waals surface area (Å²) in [4.78, 5) is 36.3. The molecule has 0 radical (unpaired) electrons. The van der Waals surface area contributed by atoms with E-state index >= 15 is 0 Å². The third-order valence-corrected chi connectivity index (χ3v) is 7.62. The van der Waals surface area contributed by atoms with E-state index in [1.807, 2.05) is 13.8 Å². The zero-order valence-corrected chi connectivity index (χ0v) is 20.6. The van der Waals surface area contributed by atoms with Gasteiger partial charge in [0.2, 0.25) is 10.0 Å². The van der Waals surface area contributed by atoms with Crippen molar-refractivity contribution < 1.29 is 27.5 Å². The lowest BCUT2D eigenvalue weighted by molar-refractivity contribution is -0.123. The molecular weight excluding hydrogens is 456 g/mol. The average molecular weight is 487 g/mol. The van der Waals surface area contributed by atoms with Crippen molar-refractivity contribution in [3.63, 3.8) is 0 Å². The standard InChI is InChI=1S/C25H30N2O6S/c1-16-13-17(2)15-27(14-16)34(31,32)23-11-7-21(8-12-23)25(30)33-19(4)24(29)26-22-9-5-20(6-10-22)18(3)28/h5-12,16-17,19H,13-15H2,1-4H3,(H,26,29)/t16-,17-,19-/m1/s1. The molecule has 0 aliphatic carbocycles. The number of piperidine rings is 1. The first-order valence-corrected chi connectivity index (χ1v) is 12.6. The first-order chi connectivity index (χ1) is 16.0. The predicted octanol–water partition coefficient (Wildman–Crippen LogP) is 3.74. The van der Waals surface area contributed by atoms with Crippen molar-refractivity contribution in [1.29, 1.82) is 0 Å². The second-order valence-electron chi connectivity index (χ2n) is 8.96. The normalized spacial score (nSPS) is 19.8. The maximum atomic E-state index is 13.0. The highest BCUT2D eigenvalue weighted by Crippen LogP contribution is 2.27. The lowest BCUT2D eigenvalue weighted by Crippen LogP contribution is -2.42. The molecule has 34 heavy (non-hydrogen) atoms. The second-order valence-corrected chi connectivity index (χ2v) is 10.9. The van der Waals surface area contributed by atoms with E-state index in [2.05, 4.69) is 5.32 Å². The number of benzene rings is 2. The van der Waals surface area contributed by atoms with Crippen LogP contribution in [0, 0.1) is 11.8 Å². The Balaban J connectivity index is 1.61. The molecule has 0 bridgehead atoms. The van der Waals surface area contributed by atoms with Gasteiger partial charge in [-0.15, -0.1) is 0 Å². The molecule has 2 aromatic carbocycles. The van der Waals surface area contributed by atoms with Crippen molar-refractivity contribution in [3.8, 4) is 0 Å². The summed E-state index contributed by atoms with van der Waals surface area (Å²) in [7, 11) is -3.65. The van der Waals surface area contributed by atoms with Crippen molar-refractivity contribution in [2.75, 3.05) is 18.4 Å². The second kappa shape index (κ2) is 10.5. The molecule has 1 N–H and O–H groups in total. The Labute approximate surface area is 200 Å². The van der Waals surface area contributed by atoms with E-state index in [4.69, 9.17) is 4.74 Å². The third-order valence-electron chi connectivity index (χ3n) is 5.78. The number of ketones is 1. The molecule has 8 nitrogen and oxygen atoms in total. The number of carbonyl (C=O) groups is 3. The van der Waals surface area contributed by atoms with Crippen molar-refractivity contribution in [1.82, 2.24) is 4.31 Å². The third kappa shape index (κ3) is 6.09. The van der Waals surface area contributed by atoms with Crippen molar-refractivity contribution in [2.45, 2.75) is 45.1 Å². The molecule has 3 atom stereocenters. The summed E-state index contributed by atoms with van der Waals surface area (Å²) in [6.45, 7) is 7.91. The SMILES string of the molecule is CC(=O)c1ccc(NC(=O)[C@@H](C)OC(=O)c2ccc(S(=O)(=O)N3C[C@H](C)C[C@@H](C)C3)cc2)cc1. The number of anilines is 1. The van der Waals surface area contributed by atoms with Crippen LogP contribution in [0.2, 0.25) is 0 Å². The van der Waals surface area contributed by atoms with Crippen LogP contribution in [0.3, 0.4) is 0 Å². The molecule has 0 spiro atoms. The molecule has 1 heterocycles. The van der Waals surface area contributed by atoms with Crippen LogP contribution in [0.25, 0.3) is 0 Å². The van der Waals surface area contributed by atoms with Gasteiger partial charge in [0, 0.05) is 24.3 Å². The highest BCUT2D eigenvalue weighted by Gasteiger charge is 2.31. The quantitative estimate of drug-likeness (QED) is 0.472. The zero-order chi connectivity index (χ0) is 25.0. The number of ether oxygens (including phenoxy) is 1. The van der Waals surface area contributed by atoms with E-state index in [0.717, 1.165) is 6.42 Å². The smallest absolute Gasteiger partial charge is 0.338 e. The fourth-order valence-electron chi connectivity index (χ4n) is 4.03. The summed E-state index contributed by atoms with van der Waals surface area (Å²) in [6.07, 6.45) is -0.0912. The molecule has 1 aliphatic rings. The zero-order valence-electron chi connectivity index (χ0n) is 19.8. The topological polar surface area (TPSA) is 110 Å². The number of hydrogen-bond acceptors (Lipinski definition) is 6. The van der Waals surface area contributed by atoms with Gasteiger partial charge in [-0.1, -0.05) is 13.8 Å². The predicted molar refractivity (Wildman–Crippen MR) is 128 cm³/mol. The fraction of sp³-hybridized carbons (Fsp3) is 0.400. The number of nitrogens with one attached hydrogen (secondary N) is 1. The molecule has 9 heteroatoms. The lowest BCUT2D eigenvalue weighted by Gasteiger charge is -2.34. The van der Waals surface area contributed by atoms with Crippen molar-refractivity contribution in [2.24, 2.45) is 11.8 Å². The largest absolute Gasteiger partial charge is 0.449 e. The Morgan fingerprint density at radius 3 is 2.00 bits per heavy atom. The highest BCUT2D eigenvalue weighted by atomic mass is 32.2. The van der Waals surface area contributed by atoms with E-state index in [1.54, 1.807) is 24.3 Å². The van der Waals surface area contributed by atoms with E-state index in [-0.39, 0.29) is 28.1 Å². The number of sulfonamides is 1. The van der Waals surface area contributed by atoms with Gasteiger partial charge < -0.3 is 10.1 Å². The molecular formula is C25H30N2O6S. The van der Waals surface area contributed by atoms with Crippen molar-refractivity contribution in [3.05, 3.63) is 59.7 Å². The van der Waals surface area contributed by atoms with Crippen LogP contribution >= 0.6 is 0 Å². The summed E-state index contributed by atoms with van der Waals surface area (Å²) in [6, 6.07) is 11.9. The number of amides is 1. The molecule has 2 aromatic rings. The van der Waals surface area contributed by atoms with E-state index in [0.29, 0.717) is 24.3 Å². The summed E-state index contributed by atoms with van der Waals surface area (Å²) in [5, 5.41) is 2.62. The first-order valence-electron chi connectivity index (χ1n) is 11.2. The van der Waals surface area contributed by atoms with Gasteiger partial charge >= 0.3 is 5.97 Å². The highest BCUT2D eigenvalue weighted by molar-refractivity contribution is 7.89.